The topological polar surface area (TPSA) is 49.5 Å². The second-order valence-corrected chi connectivity index (χ2v) is 5.54. The van der Waals surface area contributed by atoms with E-state index in [4.69, 9.17) is 5.73 Å². The molecule has 3 N–H and O–H groups in total. The van der Waals surface area contributed by atoms with Crippen molar-refractivity contribution in [2.45, 2.75) is 38.3 Å². The fraction of sp³-hybridized carbons (Fsp3) is 0.600. The van der Waals surface area contributed by atoms with E-state index < -0.39 is 0 Å². The van der Waals surface area contributed by atoms with Gasteiger partial charge >= 0.3 is 0 Å². The van der Waals surface area contributed by atoms with Gasteiger partial charge < -0.3 is 15.7 Å². The van der Waals surface area contributed by atoms with E-state index in [1.165, 1.54) is 12.1 Å². The molecule has 1 aromatic carbocycles. The second kappa shape index (κ2) is 6.35. The summed E-state index contributed by atoms with van der Waals surface area (Å²) >= 11 is 0. The van der Waals surface area contributed by atoms with Crippen molar-refractivity contribution in [3.8, 4) is 0 Å². The van der Waals surface area contributed by atoms with Crippen molar-refractivity contribution >= 4 is 5.69 Å². The maximum absolute atomic E-state index is 12.9. The number of hydrogen-bond donors (Lipinski definition) is 2. The predicted molar refractivity (Wildman–Crippen MR) is 75.6 cm³/mol. The largest absolute Gasteiger partial charge is 0.393 e. The number of aliphatic hydroxyl groups excluding tert-OH is 1. The van der Waals surface area contributed by atoms with Crippen LogP contribution in [0.15, 0.2) is 24.3 Å². The number of piperidine rings is 1. The third kappa shape index (κ3) is 3.91. The first kappa shape index (κ1) is 14.3. The molecule has 0 aliphatic carbocycles. The Kier molecular flexibility index (Phi) is 4.77. The van der Waals surface area contributed by atoms with Gasteiger partial charge in [0.2, 0.25) is 0 Å². The molecule has 2 rings (SSSR count). The molecular weight excluding hydrogens is 243 g/mol. The molecule has 1 heterocycles. The van der Waals surface area contributed by atoms with Crippen molar-refractivity contribution in [2.75, 3.05) is 18.0 Å². The molecule has 3 nitrogen and oxygen atoms in total. The van der Waals surface area contributed by atoms with Gasteiger partial charge in [0.25, 0.3) is 0 Å². The van der Waals surface area contributed by atoms with Crippen LogP contribution < -0.4 is 10.6 Å². The summed E-state index contributed by atoms with van der Waals surface area (Å²) in [4.78, 5) is 2.20. The van der Waals surface area contributed by atoms with E-state index in [9.17, 15) is 9.50 Å². The van der Waals surface area contributed by atoms with E-state index in [0.717, 1.165) is 38.0 Å². The molecule has 1 aliphatic rings. The third-order valence-corrected chi connectivity index (χ3v) is 3.84. The van der Waals surface area contributed by atoms with E-state index in [1.54, 1.807) is 12.1 Å². The van der Waals surface area contributed by atoms with Crippen LogP contribution in [-0.2, 0) is 0 Å². The highest BCUT2D eigenvalue weighted by Gasteiger charge is 2.26. The monoisotopic (exact) mass is 266 g/mol. The fourth-order valence-electron chi connectivity index (χ4n) is 2.83. The quantitative estimate of drug-likeness (QED) is 0.878. The van der Waals surface area contributed by atoms with Crippen LogP contribution in [0.2, 0.25) is 0 Å². The summed E-state index contributed by atoms with van der Waals surface area (Å²) in [5.41, 5.74) is 7.11. The highest BCUT2D eigenvalue weighted by Crippen LogP contribution is 2.26. The number of hydrogen-bond acceptors (Lipinski definition) is 3. The first-order chi connectivity index (χ1) is 9.08. The highest BCUT2D eigenvalue weighted by atomic mass is 19.1. The lowest BCUT2D eigenvalue weighted by molar-refractivity contribution is 0.131. The zero-order valence-corrected chi connectivity index (χ0v) is 11.4. The minimum Gasteiger partial charge on any atom is -0.393 e. The van der Waals surface area contributed by atoms with Gasteiger partial charge in [0.1, 0.15) is 5.82 Å². The number of rotatable bonds is 4. The minimum absolute atomic E-state index is 0.118. The highest BCUT2D eigenvalue weighted by molar-refractivity contribution is 5.47. The standard InChI is InChI=1S/C15H23FN2O/c1-2-15(19)8-11-7-13(17)10-18(9-11)14-5-3-12(16)4-6-14/h3-6,11,13,15,19H,2,7-10,17H2,1H3. The molecule has 3 atom stereocenters. The SMILES string of the molecule is CCC(O)CC1CC(N)CN(c2ccc(F)cc2)C1. The predicted octanol–water partition coefficient (Wildman–Crippen LogP) is 2.14. The maximum atomic E-state index is 12.9. The van der Waals surface area contributed by atoms with Crippen LogP contribution in [0.1, 0.15) is 26.2 Å². The summed E-state index contributed by atoms with van der Waals surface area (Å²) in [6.07, 6.45) is 2.28. The van der Waals surface area contributed by atoms with Crippen LogP contribution in [-0.4, -0.2) is 30.3 Å². The molecule has 0 aromatic heterocycles. The van der Waals surface area contributed by atoms with Crippen molar-refractivity contribution in [2.24, 2.45) is 11.7 Å². The van der Waals surface area contributed by atoms with Crippen molar-refractivity contribution < 1.29 is 9.50 Å². The Balaban J connectivity index is 2.03. The third-order valence-electron chi connectivity index (χ3n) is 3.84. The molecule has 0 saturated carbocycles. The van der Waals surface area contributed by atoms with Crippen LogP contribution in [0.4, 0.5) is 10.1 Å². The van der Waals surface area contributed by atoms with Gasteiger partial charge in [-0.2, -0.15) is 0 Å². The zero-order valence-electron chi connectivity index (χ0n) is 11.4. The van der Waals surface area contributed by atoms with Gasteiger partial charge in [-0.3, -0.25) is 0 Å². The van der Waals surface area contributed by atoms with Crippen LogP contribution >= 0.6 is 0 Å². The number of halogens is 1. The van der Waals surface area contributed by atoms with Gasteiger partial charge in [-0.05, 0) is 49.4 Å². The van der Waals surface area contributed by atoms with Gasteiger partial charge in [-0.25, -0.2) is 4.39 Å². The van der Waals surface area contributed by atoms with Crippen LogP contribution in [0.25, 0.3) is 0 Å². The summed E-state index contributed by atoms with van der Waals surface area (Å²) in [5.74, 6) is 0.187. The van der Waals surface area contributed by atoms with Crippen molar-refractivity contribution in [1.82, 2.24) is 0 Å². The van der Waals surface area contributed by atoms with E-state index in [0.29, 0.717) is 5.92 Å². The number of anilines is 1. The summed E-state index contributed by atoms with van der Waals surface area (Å²) in [7, 11) is 0. The zero-order chi connectivity index (χ0) is 13.8. The minimum atomic E-state index is -0.245. The van der Waals surface area contributed by atoms with Gasteiger partial charge in [-0.1, -0.05) is 6.92 Å². The van der Waals surface area contributed by atoms with Gasteiger partial charge in [0.15, 0.2) is 0 Å². The van der Waals surface area contributed by atoms with Gasteiger partial charge in [0.05, 0.1) is 6.10 Å². The van der Waals surface area contributed by atoms with Gasteiger partial charge in [0, 0.05) is 24.8 Å². The molecule has 1 fully saturated rings. The summed E-state index contributed by atoms with van der Waals surface area (Å²) < 4.78 is 12.9. The summed E-state index contributed by atoms with van der Waals surface area (Å²) in [5, 5.41) is 9.78. The molecule has 106 valence electrons. The lowest BCUT2D eigenvalue weighted by Crippen LogP contribution is -2.47. The molecule has 0 amide bonds. The van der Waals surface area contributed by atoms with E-state index in [2.05, 4.69) is 4.90 Å². The Hall–Kier alpha value is -1.13. The van der Waals surface area contributed by atoms with Crippen LogP contribution in [0, 0.1) is 11.7 Å². The average molecular weight is 266 g/mol. The fourth-order valence-corrected chi connectivity index (χ4v) is 2.83. The Morgan fingerprint density at radius 3 is 2.68 bits per heavy atom. The number of benzene rings is 1. The van der Waals surface area contributed by atoms with Crippen molar-refractivity contribution in [3.63, 3.8) is 0 Å². The number of nitrogens with two attached hydrogens (primary N) is 1. The number of nitrogens with zero attached hydrogens (tertiary/aromatic N) is 1. The molecule has 0 spiro atoms. The molecule has 4 heteroatoms. The normalized spacial score (nSPS) is 25.4. The molecule has 3 unspecified atom stereocenters. The van der Waals surface area contributed by atoms with Crippen molar-refractivity contribution in [1.29, 1.82) is 0 Å². The van der Waals surface area contributed by atoms with E-state index in [1.807, 2.05) is 6.92 Å². The van der Waals surface area contributed by atoms with Crippen molar-refractivity contribution in [3.05, 3.63) is 30.1 Å². The smallest absolute Gasteiger partial charge is 0.123 e. The first-order valence-corrected chi connectivity index (χ1v) is 7.02. The van der Waals surface area contributed by atoms with E-state index in [-0.39, 0.29) is 18.0 Å². The molecule has 1 aliphatic heterocycles. The van der Waals surface area contributed by atoms with E-state index >= 15 is 0 Å². The maximum Gasteiger partial charge on any atom is 0.123 e. The Bertz CT molecular complexity index is 396. The van der Waals surface area contributed by atoms with Crippen LogP contribution in [0.5, 0.6) is 0 Å². The Morgan fingerprint density at radius 1 is 1.37 bits per heavy atom. The van der Waals surface area contributed by atoms with Gasteiger partial charge in [-0.15, -0.1) is 0 Å². The molecule has 0 radical (unpaired) electrons. The number of aliphatic hydroxyl groups is 1. The lowest BCUT2D eigenvalue weighted by atomic mass is 9.89. The lowest BCUT2D eigenvalue weighted by Gasteiger charge is -2.38. The Labute approximate surface area is 114 Å². The summed E-state index contributed by atoms with van der Waals surface area (Å²) in [6.45, 7) is 3.67. The van der Waals surface area contributed by atoms with Crippen LogP contribution in [0.3, 0.4) is 0 Å². The molecule has 19 heavy (non-hydrogen) atoms. The molecule has 0 bridgehead atoms. The first-order valence-electron chi connectivity index (χ1n) is 7.02. The molecule has 1 aromatic rings. The summed E-state index contributed by atoms with van der Waals surface area (Å²) in [6, 6.07) is 6.66. The molecule has 1 saturated heterocycles. The second-order valence-electron chi connectivity index (χ2n) is 5.54. The molecular formula is C15H23FN2O. The average Bonchev–Trinajstić information content (AvgIpc) is 2.38. The Morgan fingerprint density at radius 2 is 2.05 bits per heavy atom.